The van der Waals surface area contributed by atoms with Gasteiger partial charge in [0.2, 0.25) is 5.91 Å². The molecule has 1 aromatic rings. The monoisotopic (exact) mass is 275 g/mol. The van der Waals surface area contributed by atoms with Crippen LogP contribution in [-0.2, 0) is 11.0 Å². The van der Waals surface area contributed by atoms with Gasteiger partial charge in [0.15, 0.2) is 0 Å². The molecule has 0 radical (unpaired) electrons. The summed E-state index contributed by atoms with van der Waals surface area (Å²) in [6, 6.07) is 2.21. The number of halogens is 3. The summed E-state index contributed by atoms with van der Waals surface area (Å²) in [5, 5.41) is 2.01. The summed E-state index contributed by atoms with van der Waals surface area (Å²) in [4.78, 5) is 12.2. The molecule has 5 heteroatoms. The first-order chi connectivity index (χ1) is 11.2. The zero-order chi connectivity index (χ0) is 19.6. The summed E-state index contributed by atoms with van der Waals surface area (Å²) in [6.07, 6.45) is -4.64. The largest absolute Gasteiger partial charge is 0.416 e. The molecule has 1 amide bonds. The third kappa shape index (κ3) is 4.02. The van der Waals surface area contributed by atoms with Crippen molar-refractivity contribution in [2.45, 2.75) is 26.8 Å². The molecule has 1 aromatic carbocycles. The maximum absolute atomic E-state index is 12.8. The first kappa shape index (κ1) is 8.26. The molecule has 1 unspecified atom stereocenters. The molecule has 0 saturated carbocycles. The Bertz CT molecular complexity index is 720. The van der Waals surface area contributed by atoms with E-state index in [4.69, 9.17) is 8.22 Å². The smallest absolute Gasteiger partial charge is 0.325 e. The molecule has 0 fully saturated rings. The maximum atomic E-state index is 12.8. The van der Waals surface area contributed by atoms with Crippen molar-refractivity contribution in [2.24, 2.45) is 5.89 Å². The van der Waals surface area contributed by atoms with Crippen molar-refractivity contribution in [3.05, 3.63) is 29.3 Å². The van der Waals surface area contributed by atoms with E-state index in [1.807, 2.05) is 5.32 Å². The summed E-state index contributed by atoms with van der Waals surface area (Å²) >= 11 is 0. The maximum Gasteiger partial charge on any atom is 0.416 e. The third-order valence-corrected chi connectivity index (χ3v) is 2.10. The number of hydrogen-bond acceptors (Lipinski definition) is 1. The highest BCUT2D eigenvalue weighted by Gasteiger charge is 2.31. The summed E-state index contributed by atoms with van der Waals surface area (Å²) in [7, 11) is 0. The van der Waals surface area contributed by atoms with Gasteiger partial charge in [0.05, 0.1) is 11.3 Å². The van der Waals surface area contributed by atoms with Gasteiger partial charge in [0.25, 0.3) is 0 Å². The van der Waals surface area contributed by atoms with E-state index in [2.05, 4.69) is 11.8 Å². The van der Waals surface area contributed by atoms with Crippen molar-refractivity contribution in [1.82, 2.24) is 0 Å². The molecule has 0 aliphatic rings. The normalized spacial score (nSPS) is 19.4. The van der Waals surface area contributed by atoms with Gasteiger partial charge in [-0.25, -0.2) is 0 Å². The lowest BCUT2D eigenvalue weighted by Gasteiger charge is -2.12. The molecule has 1 atom stereocenters. The van der Waals surface area contributed by atoms with E-state index in [9.17, 15) is 18.0 Å². The predicted octanol–water partition coefficient (Wildman–Crippen LogP) is 3.67. The van der Waals surface area contributed by atoms with Crippen molar-refractivity contribution in [1.29, 1.82) is 0 Å². The number of hydrogen-bond donors (Lipinski definition) is 1. The summed E-state index contributed by atoms with van der Waals surface area (Å²) in [5.74, 6) is 0.103. The van der Waals surface area contributed by atoms with Gasteiger partial charge in [-0.05, 0) is 25.1 Å². The molecule has 0 aliphatic carbocycles. The molecular weight excluding hydrogens is 255 g/mol. The van der Waals surface area contributed by atoms with Crippen molar-refractivity contribution < 1.29 is 26.2 Å². The quantitative estimate of drug-likeness (QED) is 0.820. The van der Waals surface area contributed by atoms with Gasteiger partial charge in [-0.15, -0.1) is 5.92 Å². The number of rotatable bonds is 2. The Morgan fingerprint density at radius 1 is 1.53 bits per heavy atom. The number of anilines is 1. The minimum atomic E-state index is -4.64. The Hall–Kier alpha value is -1.96. The van der Waals surface area contributed by atoms with Crippen LogP contribution in [0.25, 0.3) is 0 Å². The van der Waals surface area contributed by atoms with E-state index >= 15 is 0 Å². The summed E-state index contributed by atoms with van der Waals surface area (Å²) < 4.78 is 82.1. The van der Waals surface area contributed by atoms with E-state index in [1.54, 1.807) is 0 Å². The Morgan fingerprint density at radius 3 is 2.79 bits per heavy atom. The first-order valence-corrected chi connectivity index (χ1v) is 5.05. The van der Waals surface area contributed by atoms with Crippen molar-refractivity contribution in [2.75, 3.05) is 5.32 Å². The van der Waals surface area contributed by atoms with E-state index in [0.29, 0.717) is 12.1 Å². The average molecular weight is 275 g/mol. The number of carbonyl (C=O) groups excluding carboxylic acids is 1. The van der Waals surface area contributed by atoms with Gasteiger partial charge in [0, 0.05) is 19.7 Å². The molecular formula is C14H14F3NO. The molecule has 0 bridgehead atoms. The fraction of sp³-hybridized carbons (Fsp3) is 0.357. The highest BCUT2D eigenvalue weighted by Crippen LogP contribution is 2.31. The van der Waals surface area contributed by atoms with Crippen LogP contribution in [0.1, 0.15) is 40.0 Å². The van der Waals surface area contributed by atoms with Crippen molar-refractivity contribution in [3.8, 4) is 11.8 Å². The van der Waals surface area contributed by atoms with Crippen LogP contribution < -0.4 is 5.32 Å². The average Bonchev–Trinajstić information content (AvgIpc) is 2.45. The van der Waals surface area contributed by atoms with Crippen LogP contribution in [0.3, 0.4) is 0 Å². The van der Waals surface area contributed by atoms with Gasteiger partial charge >= 0.3 is 6.18 Å². The van der Waals surface area contributed by atoms with Gasteiger partial charge in [-0.3, -0.25) is 4.79 Å². The molecule has 102 valence electrons. The number of benzene rings is 1. The fourth-order valence-electron chi connectivity index (χ4n) is 1.26. The van der Waals surface area contributed by atoms with Crippen LogP contribution in [0.4, 0.5) is 18.9 Å². The van der Waals surface area contributed by atoms with Crippen LogP contribution >= 0.6 is 0 Å². The van der Waals surface area contributed by atoms with E-state index in [1.165, 1.54) is 6.92 Å². The number of carbonyl (C=O) groups is 1. The van der Waals surface area contributed by atoms with Crippen LogP contribution in [0.5, 0.6) is 0 Å². The topological polar surface area (TPSA) is 29.1 Å². The van der Waals surface area contributed by atoms with Crippen LogP contribution in [-0.4, -0.2) is 5.91 Å². The molecule has 1 rings (SSSR count). The van der Waals surface area contributed by atoms with Gasteiger partial charge in [-0.1, -0.05) is 19.6 Å². The Kier molecular flexibility index (Phi) is 2.52. The second kappa shape index (κ2) is 5.79. The molecule has 0 spiro atoms. The Morgan fingerprint density at radius 2 is 2.26 bits per heavy atom. The van der Waals surface area contributed by atoms with Gasteiger partial charge in [-0.2, -0.15) is 13.2 Å². The van der Waals surface area contributed by atoms with Gasteiger partial charge in [0.1, 0.15) is 0 Å². The Labute approximate surface area is 118 Å². The Balaban J connectivity index is 3.34. The molecule has 19 heavy (non-hydrogen) atoms. The van der Waals surface area contributed by atoms with E-state index in [0.717, 1.165) is 6.07 Å². The SMILES string of the molecule is [2H]C([2H])C([2H])(C(=O)Nc1ccc(C(F)(F)F)cc1C#CC)C([2H])([2H])[2H]. The number of nitrogens with one attached hydrogen (secondary N) is 1. The van der Waals surface area contributed by atoms with Gasteiger partial charge < -0.3 is 5.32 Å². The minimum Gasteiger partial charge on any atom is -0.325 e. The van der Waals surface area contributed by atoms with E-state index in [-0.39, 0.29) is 11.3 Å². The number of amides is 1. The predicted molar refractivity (Wildman–Crippen MR) is 67.5 cm³/mol. The molecule has 0 heterocycles. The molecule has 0 saturated heterocycles. The molecule has 0 aliphatic heterocycles. The lowest BCUT2D eigenvalue weighted by atomic mass is 10.1. The van der Waals surface area contributed by atoms with Crippen LogP contribution in [0.2, 0.25) is 0 Å². The van der Waals surface area contributed by atoms with Crippen molar-refractivity contribution in [3.63, 3.8) is 0 Å². The molecule has 2 nitrogen and oxygen atoms in total. The molecule has 1 N–H and O–H groups in total. The lowest BCUT2D eigenvalue weighted by Crippen LogP contribution is -2.18. The second-order valence-corrected chi connectivity index (χ2v) is 3.50. The van der Waals surface area contributed by atoms with Crippen LogP contribution in [0, 0.1) is 17.7 Å². The standard InChI is InChI=1S/C14H14F3NO/c1-4-5-10-8-11(14(15,16)17)6-7-12(10)18-13(19)9(2)3/h6-9H,1-3H3,(H,18,19)/i2D2,3D3,9D. The zero-order valence-electron chi connectivity index (χ0n) is 15.9. The summed E-state index contributed by atoms with van der Waals surface area (Å²) in [6.45, 7) is -4.28. The van der Waals surface area contributed by atoms with E-state index < -0.39 is 37.3 Å². The fourth-order valence-corrected chi connectivity index (χ4v) is 1.26. The number of alkyl halides is 3. The minimum absolute atomic E-state index is 0.231. The molecule has 0 aromatic heterocycles. The highest BCUT2D eigenvalue weighted by molar-refractivity contribution is 5.93. The lowest BCUT2D eigenvalue weighted by molar-refractivity contribution is -0.137. The van der Waals surface area contributed by atoms with Crippen LogP contribution in [0.15, 0.2) is 18.2 Å². The van der Waals surface area contributed by atoms with Crippen molar-refractivity contribution >= 4 is 11.6 Å². The third-order valence-electron chi connectivity index (χ3n) is 2.10. The zero-order valence-corrected chi connectivity index (χ0v) is 9.85. The highest BCUT2D eigenvalue weighted by atomic mass is 19.4. The first-order valence-electron chi connectivity index (χ1n) is 8.20. The second-order valence-electron chi connectivity index (χ2n) is 3.50. The summed E-state index contributed by atoms with van der Waals surface area (Å²) in [5.41, 5.74) is -1.49.